The Balaban J connectivity index is 1.84. The van der Waals surface area contributed by atoms with Gasteiger partial charge in [0.25, 0.3) is 0 Å². The summed E-state index contributed by atoms with van der Waals surface area (Å²) in [4.78, 5) is 24.4. The van der Waals surface area contributed by atoms with E-state index in [0.29, 0.717) is 24.6 Å². The fourth-order valence-corrected chi connectivity index (χ4v) is 4.32. The summed E-state index contributed by atoms with van der Waals surface area (Å²) in [6, 6.07) is 13.1. The molecule has 1 unspecified atom stereocenters. The van der Waals surface area contributed by atoms with E-state index < -0.39 is 12.2 Å². The number of carbonyl (C=O) groups excluding carboxylic acids is 2. The van der Waals surface area contributed by atoms with Crippen molar-refractivity contribution < 1.29 is 23.8 Å². The predicted octanol–water partition coefficient (Wildman–Crippen LogP) is 9.18. The van der Waals surface area contributed by atoms with E-state index in [0.717, 1.165) is 30.6 Å². The smallest absolute Gasteiger partial charge is 0.412 e. The second kappa shape index (κ2) is 18.9. The number of nitrogens with one attached hydrogen (secondary N) is 2. The third-order valence-electron chi connectivity index (χ3n) is 6.60. The van der Waals surface area contributed by atoms with Crippen molar-refractivity contribution in [1.82, 2.24) is 0 Å². The Kier molecular flexibility index (Phi) is 15.5. The van der Waals surface area contributed by atoms with Crippen LogP contribution in [-0.4, -0.2) is 31.5 Å². The van der Waals surface area contributed by atoms with Crippen LogP contribution in [0.1, 0.15) is 95.6 Å². The lowest BCUT2D eigenvalue weighted by atomic mass is 10.0. The molecule has 7 heteroatoms. The fraction of sp³-hybridized carbons (Fsp3) is 0.562. The van der Waals surface area contributed by atoms with Gasteiger partial charge in [-0.05, 0) is 69.5 Å². The van der Waals surface area contributed by atoms with Gasteiger partial charge in [0, 0.05) is 11.4 Å². The van der Waals surface area contributed by atoms with E-state index in [2.05, 4.69) is 17.6 Å². The van der Waals surface area contributed by atoms with E-state index in [4.69, 9.17) is 14.2 Å². The van der Waals surface area contributed by atoms with Crippen molar-refractivity contribution in [3.63, 3.8) is 0 Å². The van der Waals surface area contributed by atoms with Crippen LogP contribution in [0.3, 0.4) is 0 Å². The molecule has 0 aliphatic heterocycles. The highest BCUT2D eigenvalue weighted by atomic mass is 16.6. The lowest BCUT2D eigenvalue weighted by molar-refractivity contribution is 0.0678. The Morgan fingerprint density at radius 1 is 0.769 bits per heavy atom. The van der Waals surface area contributed by atoms with Gasteiger partial charge in [-0.1, -0.05) is 82.4 Å². The van der Waals surface area contributed by atoms with Crippen molar-refractivity contribution >= 4 is 23.6 Å². The van der Waals surface area contributed by atoms with Crippen LogP contribution in [0.2, 0.25) is 0 Å². The van der Waals surface area contributed by atoms with Crippen LogP contribution >= 0.6 is 0 Å². The molecule has 2 rings (SSSR count). The summed E-state index contributed by atoms with van der Waals surface area (Å²) in [5.41, 5.74) is 3.17. The van der Waals surface area contributed by atoms with Crippen LogP contribution in [0.4, 0.5) is 21.0 Å². The van der Waals surface area contributed by atoms with Gasteiger partial charge in [0.15, 0.2) is 0 Å². The molecule has 0 saturated carbocycles. The molecule has 2 aromatic rings. The Morgan fingerprint density at radius 2 is 1.41 bits per heavy atom. The number of amides is 2. The van der Waals surface area contributed by atoms with Gasteiger partial charge < -0.3 is 14.2 Å². The van der Waals surface area contributed by atoms with Gasteiger partial charge in [-0.3, -0.25) is 10.6 Å². The number of hydrogen-bond donors (Lipinski definition) is 2. The van der Waals surface area contributed by atoms with E-state index in [1.807, 2.05) is 38.1 Å². The first-order chi connectivity index (χ1) is 18.9. The van der Waals surface area contributed by atoms with Gasteiger partial charge >= 0.3 is 12.2 Å². The maximum absolute atomic E-state index is 12.8. The molecular formula is C32H48N2O5. The molecule has 0 aliphatic carbocycles. The Morgan fingerprint density at radius 3 is 2.03 bits per heavy atom. The molecule has 0 fully saturated rings. The minimum atomic E-state index is -0.520. The standard InChI is InChI=1S/C32H48N2O5/c1-5-7-8-9-10-11-12-13-14-15-16-29(24-38-28-20-17-25(3)18-21-28)39-32(36)34-30-22-19-27(23-26(30)4)33-31(35)37-6-2/h17-23,29H,5-16,24H2,1-4H3,(H,33,35)(H,34,36). The average molecular weight is 541 g/mol. The van der Waals surface area contributed by atoms with Gasteiger partial charge in [0.2, 0.25) is 0 Å². The monoisotopic (exact) mass is 540 g/mol. The van der Waals surface area contributed by atoms with Crippen molar-refractivity contribution in [2.45, 2.75) is 104 Å². The van der Waals surface area contributed by atoms with Crippen LogP contribution in [0.15, 0.2) is 42.5 Å². The molecule has 0 spiro atoms. The van der Waals surface area contributed by atoms with Gasteiger partial charge in [0.1, 0.15) is 18.5 Å². The maximum atomic E-state index is 12.8. The normalized spacial score (nSPS) is 11.5. The first-order valence-corrected chi connectivity index (χ1v) is 14.6. The number of anilines is 2. The number of carbonyl (C=O) groups is 2. The van der Waals surface area contributed by atoms with Crippen LogP contribution < -0.4 is 15.4 Å². The number of hydrogen-bond acceptors (Lipinski definition) is 5. The van der Waals surface area contributed by atoms with Crippen molar-refractivity contribution in [2.75, 3.05) is 23.8 Å². The molecule has 2 N–H and O–H groups in total. The van der Waals surface area contributed by atoms with Crippen LogP contribution in [0.5, 0.6) is 5.75 Å². The molecule has 1 atom stereocenters. The molecule has 0 saturated heterocycles. The first kappa shape index (κ1) is 32.0. The molecule has 0 bridgehead atoms. The number of ether oxygens (including phenoxy) is 3. The molecule has 0 aliphatic rings. The quantitative estimate of drug-likeness (QED) is 0.184. The number of rotatable bonds is 18. The zero-order chi connectivity index (χ0) is 28.3. The summed E-state index contributed by atoms with van der Waals surface area (Å²) in [5.74, 6) is 0.762. The third kappa shape index (κ3) is 13.9. The summed E-state index contributed by atoms with van der Waals surface area (Å²) in [5, 5.41) is 5.49. The fourth-order valence-electron chi connectivity index (χ4n) is 4.32. The van der Waals surface area contributed by atoms with E-state index in [9.17, 15) is 9.59 Å². The number of aryl methyl sites for hydroxylation is 2. The number of benzene rings is 2. The SMILES string of the molecule is CCCCCCCCCCCCC(COc1ccc(C)cc1)OC(=O)Nc1ccc(NC(=O)OCC)cc1C. The van der Waals surface area contributed by atoms with Gasteiger partial charge in [0.05, 0.1) is 6.61 Å². The molecule has 216 valence electrons. The summed E-state index contributed by atoms with van der Waals surface area (Å²) in [6.45, 7) is 8.48. The Hall–Kier alpha value is -3.22. The molecule has 2 amide bonds. The van der Waals surface area contributed by atoms with Crippen molar-refractivity contribution in [2.24, 2.45) is 0 Å². The second-order valence-electron chi connectivity index (χ2n) is 10.1. The average Bonchev–Trinajstić information content (AvgIpc) is 2.90. The van der Waals surface area contributed by atoms with Crippen molar-refractivity contribution in [3.05, 3.63) is 53.6 Å². The topological polar surface area (TPSA) is 85.9 Å². The van der Waals surface area contributed by atoms with E-state index in [1.54, 1.807) is 25.1 Å². The lowest BCUT2D eigenvalue weighted by Gasteiger charge is -2.20. The molecule has 0 heterocycles. The summed E-state index contributed by atoms with van der Waals surface area (Å²) < 4.78 is 16.7. The molecular weight excluding hydrogens is 492 g/mol. The van der Waals surface area contributed by atoms with E-state index >= 15 is 0 Å². The highest BCUT2D eigenvalue weighted by Gasteiger charge is 2.17. The van der Waals surface area contributed by atoms with Gasteiger partial charge in [-0.2, -0.15) is 0 Å². The van der Waals surface area contributed by atoms with Gasteiger partial charge in [-0.25, -0.2) is 9.59 Å². The summed E-state index contributed by atoms with van der Waals surface area (Å²) in [6.07, 6.45) is 11.9. The highest BCUT2D eigenvalue weighted by Crippen LogP contribution is 2.21. The molecule has 0 aromatic heterocycles. The molecule has 39 heavy (non-hydrogen) atoms. The minimum Gasteiger partial charge on any atom is -0.490 e. The Bertz CT molecular complexity index is 977. The molecule has 0 radical (unpaired) electrons. The largest absolute Gasteiger partial charge is 0.490 e. The summed E-state index contributed by atoms with van der Waals surface area (Å²) in [7, 11) is 0. The zero-order valence-electron chi connectivity index (χ0n) is 24.4. The Labute approximate surface area is 235 Å². The van der Waals surface area contributed by atoms with Gasteiger partial charge in [-0.15, -0.1) is 0 Å². The zero-order valence-corrected chi connectivity index (χ0v) is 24.4. The van der Waals surface area contributed by atoms with E-state index in [-0.39, 0.29) is 6.10 Å². The van der Waals surface area contributed by atoms with Crippen molar-refractivity contribution in [3.8, 4) is 5.75 Å². The predicted molar refractivity (Wildman–Crippen MR) is 159 cm³/mol. The lowest BCUT2D eigenvalue weighted by Crippen LogP contribution is -2.28. The van der Waals surface area contributed by atoms with Crippen LogP contribution in [0.25, 0.3) is 0 Å². The first-order valence-electron chi connectivity index (χ1n) is 14.6. The van der Waals surface area contributed by atoms with E-state index in [1.165, 1.54) is 56.9 Å². The second-order valence-corrected chi connectivity index (χ2v) is 10.1. The maximum Gasteiger partial charge on any atom is 0.412 e. The summed E-state index contributed by atoms with van der Waals surface area (Å²) >= 11 is 0. The minimum absolute atomic E-state index is 0.296. The third-order valence-corrected chi connectivity index (χ3v) is 6.60. The number of unbranched alkanes of at least 4 members (excludes halogenated alkanes) is 9. The van der Waals surface area contributed by atoms with Crippen LogP contribution in [0, 0.1) is 13.8 Å². The van der Waals surface area contributed by atoms with Crippen LogP contribution in [-0.2, 0) is 9.47 Å². The molecule has 2 aromatic carbocycles. The highest BCUT2D eigenvalue weighted by molar-refractivity contribution is 5.88. The molecule has 7 nitrogen and oxygen atoms in total. The van der Waals surface area contributed by atoms with Crippen molar-refractivity contribution in [1.29, 1.82) is 0 Å².